The van der Waals surface area contributed by atoms with Crippen molar-refractivity contribution in [2.45, 2.75) is 97.3 Å². The van der Waals surface area contributed by atoms with Gasteiger partial charge in [0.05, 0.1) is 11.2 Å². The van der Waals surface area contributed by atoms with E-state index in [1.807, 2.05) is 0 Å². The van der Waals surface area contributed by atoms with Gasteiger partial charge < -0.3 is 0 Å². The third kappa shape index (κ3) is 4.04. The highest BCUT2D eigenvalue weighted by molar-refractivity contribution is 5.92. The van der Waals surface area contributed by atoms with Crippen molar-refractivity contribution in [1.29, 1.82) is 0 Å². The standard InChI is InChI=1S/C36H46N2/c1-35-23-9-8-13-26(35)18-20-28-30-21-19-27(36(30,2)24-22-31(28)35)14-10-17-33-37-32-16-7-6-15-29(32)34(38-33)25-11-4-3-5-12-25/h3-7,11-12,15-16,26-28,30-31H,8-10,13-14,17-24H2,1-2H3. The number of nitrogens with zero attached hydrogens (tertiary/aromatic N) is 2. The first kappa shape index (κ1) is 24.8. The third-order valence-corrected chi connectivity index (χ3v) is 12.4. The predicted molar refractivity (Wildman–Crippen MR) is 158 cm³/mol. The van der Waals surface area contributed by atoms with Gasteiger partial charge in [0.15, 0.2) is 0 Å². The van der Waals surface area contributed by atoms with Gasteiger partial charge in [0.25, 0.3) is 0 Å². The number of hydrogen-bond acceptors (Lipinski definition) is 2. The Bertz CT molecular complexity index is 1280. The SMILES string of the molecule is CC12CCCCC1CCC1C2CCC2(C)C(CCCc3nc(-c4ccccc4)c4ccccc4n3)CCC12. The van der Waals surface area contributed by atoms with Crippen LogP contribution in [0.3, 0.4) is 0 Å². The molecule has 2 nitrogen and oxygen atoms in total. The molecular weight excluding hydrogens is 460 g/mol. The second kappa shape index (κ2) is 9.76. The molecule has 4 fully saturated rings. The summed E-state index contributed by atoms with van der Waals surface area (Å²) in [7, 11) is 0. The molecule has 4 saturated carbocycles. The second-order valence-electron chi connectivity index (χ2n) is 14.0. The number of rotatable bonds is 5. The molecule has 4 aliphatic carbocycles. The quantitative estimate of drug-likeness (QED) is 0.344. The van der Waals surface area contributed by atoms with Crippen LogP contribution in [0.4, 0.5) is 0 Å². The molecule has 7 atom stereocenters. The van der Waals surface area contributed by atoms with Crippen molar-refractivity contribution in [3.63, 3.8) is 0 Å². The zero-order valence-corrected chi connectivity index (χ0v) is 23.7. The fraction of sp³-hybridized carbons (Fsp3) is 0.611. The topological polar surface area (TPSA) is 25.8 Å². The Hall–Kier alpha value is -2.22. The van der Waals surface area contributed by atoms with Crippen LogP contribution in [0.2, 0.25) is 0 Å². The molecule has 4 aliphatic rings. The van der Waals surface area contributed by atoms with Crippen molar-refractivity contribution in [1.82, 2.24) is 9.97 Å². The number of benzene rings is 2. The van der Waals surface area contributed by atoms with Crippen LogP contribution in [0.25, 0.3) is 22.2 Å². The molecule has 7 unspecified atom stereocenters. The molecule has 2 aromatic carbocycles. The van der Waals surface area contributed by atoms with E-state index in [0.717, 1.165) is 58.4 Å². The minimum atomic E-state index is 0.568. The van der Waals surface area contributed by atoms with Gasteiger partial charge in [-0.25, -0.2) is 9.97 Å². The summed E-state index contributed by atoms with van der Waals surface area (Å²) in [6.45, 7) is 5.43. The minimum Gasteiger partial charge on any atom is -0.233 e. The molecule has 0 bridgehead atoms. The molecule has 1 aromatic heterocycles. The first-order valence-corrected chi connectivity index (χ1v) is 15.9. The third-order valence-electron chi connectivity index (χ3n) is 12.4. The summed E-state index contributed by atoms with van der Waals surface area (Å²) < 4.78 is 0. The summed E-state index contributed by atoms with van der Waals surface area (Å²) >= 11 is 0. The fourth-order valence-corrected chi connectivity index (χ4v) is 10.4. The lowest BCUT2D eigenvalue weighted by molar-refractivity contribution is -0.111. The second-order valence-corrected chi connectivity index (χ2v) is 14.0. The summed E-state index contributed by atoms with van der Waals surface area (Å²) in [6, 6.07) is 19.2. The van der Waals surface area contributed by atoms with Crippen molar-refractivity contribution in [2.75, 3.05) is 0 Å². The van der Waals surface area contributed by atoms with Gasteiger partial charge in [-0.05, 0) is 111 Å². The van der Waals surface area contributed by atoms with Gasteiger partial charge >= 0.3 is 0 Å². The van der Waals surface area contributed by atoms with Gasteiger partial charge in [-0.3, -0.25) is 0 Å². The summed E-state index contributed by atoms with van der Waals surface area (Å²) in [5.74, 6) is 5.94. The van der Waals surface area contributed by atoms with E-state index >= 15 is 0 Å². The van der Waals surface area contributed by atoms with E-state index in [2.05, 4.69) is 68.4 Å². The Morgan fingerprint density at radius 2 is 1.55 bits per heavy atom. The molecule has 0 radical (unpaired) electrons. The number of aromatic nitrogens is 2. The van der Waals surface area contributed by atoms with Crippen molar-refractivity contribution in [2.24, 2.45) is 40.4 Å². The molecule has 200 valence electrons. The Morgan fingerprint density at radius 1 is 0.737 bits per heavy atom. The largest absolute Gasteiger partial charge is 0.233 e. The lowest BCUT2D eigenvalue weighted by atomic mass is 9.45. The Labute approximate surface area is 230 Å². The summed E-state index contributed by atoms with van der Waals surface area (Å²) in [6.07, 6.45) is 18.6. The summed E-state index contributed by atoms with van der Waals surface area (Å²) in [5.41, 5.74) is 4.58. The van der Waals surface area contributed by atoms with Gasteiger partial charge in [-0.1, -0.05) is 75.2 Å². The maximum Gasteiger partial charge on any atom is 0.129 e. The van der Waals surface area contributed by atoms with Crippen LogP contribution in [0, 0.1) is 40.4 Å². The molecule has 0 aliphatic heterocycles. The molecule has 3 aromatic rings. The molecule has 0 N–H and O–H groups in total. The summed E-state index contributed by atoms with van der Waals surface area (Å²) in [4.78, 5) is 10.1. The molecule has 0 spiro atoms. The molecule has 0 saturated heterocycles. The van der Waals surface area contributed by atoms with Gasteiger partial charge in [0.2, 0.25) is 0 Å². The van der Waals surface area contributed by atoms with E-state index in [4.69, 9.17) is 9.97 Å². The zero-order valence-electron chi connectivity index (χ0n) is 23.7. The Morgan fingerprint density at radius 3 is 2.45 bits per heavy atom. The van der Waals surface area contributed by atoms with Crippen LogP contribution in [0.5, 0.6) is 0 Å². The van der Waals surface area contributed by atoms with Crippen molar-refractivity contribution < 1.29 is 0 Å². The number of fused-ring (bicyclic) bond motifs is 6. The van der Waals surface area contributed by atoms with Crippen LogP contribution in [-0.4, -0.2) is 9.97 Å². The highest BCUT2D eigenvalue weighted by Crippen LogP contribution is 2.67. The van der Waals surface area contributed by atoms with Crippen LogP contribution in [-0.2, 0) is 6.42 Å². The van der Waals surface area contributed by atoms with Crippen molar-refractivity contribution in [3.05, 3.63) is 60.4 Å². The first-order valence-electron chi connectivity index (χ1n) is 15.9. The van der Waals surface area contributed by atoms with Gasteiger partial charge in [0, 0.05) is 17.4 Å². The molecule has 1 heterocycles. The van der Waals surface area contributed by atoms with Crippen LogP contribution in [0.1, 0.15) is 96.7 Å². The lowest BCUT2D eigenvalue weighted by Gasteiger charge is -2.60. The maximum absolute atomic E-state index is 5.12. The number of para-hydroxylation sites is 1. The van der Waals surface area contributed by atoms with Crippen LogP contribution in [0.15, 0.2) is 54.6 Å². The number of hydrogen-bond donors (Lipinski definition) is 0. The van der Waals surface area contributed by atoms with E-state index in [-0.39, 0.29) is 0 Å². The monoisotopic (exact) mass is 506 g/mol. The normalized spacial score (nSPS) is 36.4. The Balaban J connectivity index is 1.06. The highest BCUT2D eigenvalue weighted by Gasteiger charge is 2.59. The highest BCUT2D eigenvalue weighted by atomic mass is 14.9. The molecule has 2 heteroatoms. The fourth-order valence-electron chi connectivity index (χ4n) is 10.4. The van der Waals surface area contributed by atoms with Gasteiger partial charge in [0.1, 0.15) is 5.82 Å². The van der Waals surface area contributed by atoms with E-state index in [9.17, 15) is 0 Å². The van der Waals surface area contributed by atoms with Crippen LogP contribution < -0.4 is 0 Å². The molecule has 38 heavy (non-hydrogen) atoms. The summed E-state index contributed by atoms with van der Waals surface area (Å²) in [5, 5.41) is 1.16. The van der Waals surface area contributed by atoms with Crippen LogP contribution >= 0.6 is 0 Å². The maximum atomic E-state index is 5.12. The predicted octanol–water partition coefficient (Wildman–Crippen LogP) is 9.67. The van der Waals surface area contributed by atoms with Gasteiger partial charge in [-0.15, -0.1) is 0 Å². The van der Waals surface area contributed by atoms with E-state index in [1.165, 1.54) is 82.6 Å². The van der Waals surface area contributed by atoms with Gasteiger partial charge in [-0.2, -0.15) is 0 Å². The van der Waals surface area contributed by atoms with E-state index in [0.29, 0.717) is 10.8 Å². The smallest absolute Gasteiger partial charge is 0.129 e. The van der Waals surface area contributed by atoms with E-state index < -0.39 is 0 Å². The molecule has 7 rings (SSSR count). The van der Waals surface area contributed by atoms with Crippen molar-refractivity contribution >= 4 is 10.9 Å². The van der Waals surface area contributed by atoms with E-state index in [1.54, 1.807) is 0 Å². The number of aryl methyl sites for hydroxylation is 1. The average molecular weight is 507 g/mol. The average Bonchev–Trinajstić information content (AvgIpc) is 3.29. The molecular formula is C36H46N2. The minimum absolute atomic E-state index is 0.568. The Kier molecular flexibility index (Phi) is 6.37. The van der Waals surface area contributed by atoms with Crippen molar-refractivity contribution in [3.8, 4) is 11.3 Å². The molecule has 0 amide bonds. The first-order chi connectivity index (χ1) is 18.6. The zero-order chi connectivity index (χ0) is 25.7. The lowest BCUT2D eigenvalue weighted by Crippen LogP contribution is -2.52.